The van der Waals surface area contributed by atoms with E-state index in [1.165, 1.54) is 6.92 Å². The van der Waals surface area contributed by atoms with Crippen molar-refractivity contribution in [3.8, 4) is 6.07 Å². The minimum atomic E-state index is -2.22. The van der Waals surface area contributed by atoms with Gasteiger partial charge in [-0.2, -0.15) is 5.26 Å². The molecule has 1 aliphatic rings. The number of nitriles is 1. The van der Waals surface area contributed by atoms with E-state index < -0.39 is 41.4 Å². The van der Waals surface area contributed by atoms with E-state index in [4.69, 9.17) is 4.74 Å². The second-order valence-electron chi connectivity index (χ2n) is 4.55. The van der Waals surface area contributed by atoms with Gasteiger partial charge in [-0.05, 0) is 6.92 Å². The fraction of sp³-hybridized carbons (Fsp3) is 0.545. The number of aromatic amines is 1. The van der Waals surface area contributed by atoms with Crippen molar-refractivity contribution >= 4 is 0 Å². The summed E-state index contributed by atoms with van der Waals surface area (Å²) in [6, 6.07) is 2.59. The highest BCUT2D eigenvalue weighted by Gasteiger charge is 2.58. The number of aliphatic hydroxyl groups is 3. The van der Waals surface area contributed by atoms with Crippen LogP contribution in [0.3, 0.4) is 0 Å². The van der Waals surface area contributed by atoms with Gasteiger partial charge in [0.15, 0.2) is 0 Å². The fourth-order valence-corrected chi connectivity index (χ4v) is 2.17. The van der Waals surface area contributed by atoms with Crippen molar-refractivity contribution < 1.29 is 20.1 Å². The molecule has 1 fully saturated rings. The van der Waals surface area contributed by atoms with Crippen LogP contribution < -0.4 is 11.2 Å². The Bertz CT molecular complexity index is 659. The summed E-state index contributed by atoms with van der Waals surface area (Å²) in [4.78, 5) is 24.7. The number of nitrogens with one attached hydrogen (secondary N) is 1. The fourth-order valence-electron chi connectivity index (χ4n) is 2.17. The Balaban J connectivity index is 2.59. The van der Waals surface area contributed by atoms with Gasteiger partial charge < -0.3 is 20.1 Å². The highest BCUT2D eigenvalue weighted by molar-refractivity contribution is 5.13. The van der Waals surface area contributed by atoms with Crippen molar-refractivity contribution in [2.24, 2.45) is 0 Å². The highest BCUT2D eigenvalue weighted by Crippen LogP contribution is 2.35. The lowest BCUT2D eigenvalue weighted by atomic mass is 10.0. The molecule has 4 N–H and O–H groups in total. The standard InChI is InChI=1S/C11H13N3O6/c1-5(15)8-7(17)9(18)11(4-12,20-8)14-3-2-6(16)13-10(14)19/h2-3,5,7-9,15,17-18H,1H3,(H,13,16,19)/t5-,7+,8+,9+,11+/m0/s1. The molecule has 9 nitrogen and oxygen atoms in total. The number of H-pyrrole nitrogens is 1. The Morgan fingerprint density at radius 1 is 1.55 bits per heavy atom. The van der Waals surface area contributed by atoms with Crippen molar-refractivity contribution in [2.75, 3.05) is 0 Å². The molecule has 2 heterocycles. The van der Waals surface area contributed by atoms with Crippen molar-refractivity contribution in [1.29, 1.82) is 5.26 Å². The molecule has 1 aromatic heterocycles. The SMILES string of the molecule is C[C@H](O)[C@H]1O[C@@](C#N)(n2ccc(=O)[nH]c2=O)[C@H](O)[C@@H]1O. The molecule has 2 rings (SSSR count). The summed E-state index contributed by atoms with van der Waals surface area (Å²) in [6.07, 6.45) is -4.77. The van der Waals surface area contributed by atoms with Crippen LogP contribution in [-0.4, -0.2) is 49.3 Å². The second-order valence-corrected chi connectivity index (χ2v) is 4.55. The number of nitrogens with zero attached hydrogens (tertiary/aromatic N) is 2. The smallest absolute Gasteiger partial charge is 0.331 e. The van der Waals surface area contributed by atoms with Crippen LogP contribution in [0.15, 0.2) is 21.9 Å². The van der Waals surface area contributed by atoms with Gasteiger partial charge in [0, 0.05) is 12.3 Å². The maximum atomic E-state index is 11.7. The Hall–Kier alpha value is -1.99. The molecule has 0 radical (unpaired) electrons. The van der Waals surface area contributed by atoms with Gasteiger partial charge in [-0.3, -0.25) is 14.3 Å². The Morgan fingerprint density at radius 3 is 2.65 bits per heavy atom. The third kappa shape index (κ3) is 1.95. The van der Waals surface area contributed by atoms with Gasteiger partial charge in [-0.15, -0.1) is 0 Å². The van der Waals surface area contributed by atoms with E-state index >= 15 is 0 Å². The zero-order chi connectivity index (χ0) is 15.1. The lowest BCUT2D eigenvalue weighted by Gasteiger charge is -2.26. The summed E-state index contributed by atoms with van der Waals surface area (Å²) < 4.78 is 5.89. The molecule has 0 amide bonds. The second kappa shape index (κ2) is 4.84. The summed E-state index contributed by atoms with van der Waals surface area (Å²) in [5, 5.41) is 38.6. The van der Waals surface area contributed by atoms with Gasteiger partial charge in [-0.1, -0.05) is 0 Å². The first-order valence-corrected chi connectivity index (χ1v) is 5.79. The van der Waals surface area contributed by atoms with Crippen LogP contribution in [0.1, 0.15) is 6.92 Å². The summed E-state index contributed by atoms with van der Waals surface area (Å²) in [5.41, 5.74) is -3.88. The zero-order valence-corrected chi connectivity index (χ0v) is 10.4. The van der Waals surface area contributed by atoms with Gasteiger partial charge >= 0.3 is 5.69 Å². The van der Waals surface area contributed by atoms with E-state index in [2.05, 4.69) is 0 Å². The molecule has 0 aromatic carbocycles. The van der Waals surface area contributed by atoms with Crippen LogP contribution in [0.5, 0.6) is 0 Å². The third-order valence-electron chi connectivity index (χ3n) is 3.19. The number of rotatable bonds is 2. The summed E-state index contributed by atoms with van der Waals surface area (Å²) in [6.45, 7) is 1.31. The average Bonchev–Trinajstić information content (AvgIpc) is 2.64. The molecule has 0 bridgehead atoms. The van der Waals surface area contributed by atoms with E-state index in [1.807, 2.05) is 4.98 Å². The number of hydrogen-bond donors (Lipinski definition) is 4. The Kier molecular flexibility index (Phi) is 3.49. The van der Waals surface area contributed by atoms with Crippen molar-refractivity contribution in [1.82, 2.24) is 9.55 Å². The molecule has 0 unspecified atom stereocenters. The van der Waals surface area contributed by atoms with E-state index in [9.17, 15) is 30.2 Å². The summed E-state index contributed by atoms with van der Waals surface area (Å²) in [5.74, 6) is 0. The quantitative estimate of drug-likeness (QED) is 0.458. The molecule has 1 aromatic rings. The lowest BCUT2D eigenvalue weighted by molar-refractivity contribution is -0.124. The van der Waals surface area contributed by atoms with Crippen LogP contribution in [0.2, 0.25) is 0 Å². The number of hydrogen-bond acceptors (Lipinski definition) is 7. The molecule has 5 atom stereocenters. The molecule has 108 valence electrons. The first-order chi connectivity index (χ1) is 9.33. The monoisotopic (exact) mass is 283 g/mol. The van der Waals surface area contributed by atoms with Gasteiger partial charge in [0.2, 0.25) is 0 Å². The van der Waals surface area contributed by atoms with Gasteiger partial charge in [0.25, 0.3) is 11.3 Å². The van der Waals surface area contributed by atoms with Crippen LogP contribution in [0.4, 0.5) is 0 Å². The molecule has 9 heteroatoms. The van der Waals surface area contributed by atoms with Gasteiger partial charge in [0.1, 0.15) is 24.4 Å². The Morgan fingerprint density at radius 2 is 2.20 bits per heavy atom. The van der Waals surface area contributed by atoms with Crippen LogP contribution in [-0.2, 0) is 10.5 Å². The maximum absolute atomic E-state index is 11.7. The predicted molar refractivity (Wildman–Crippen MR) is 63.5 cm³/mol. The molecule has 0 spiro atoms. The molecule has 0 aliphatic carbocycles. The van der Waals surface area contributed by atoms with Gasteiger partial charge in [0.05, 0.1) is 6.10 Å². The van der Waals surface area contributed by atoms with E-state index in [1.54, 1.807) is 6.07 Å². The summed E-state index contributed by atoms with van der Waals surface area (Å²) in [7, 11) is 0. The number of ether oxygens (including phenoxy) is 1. The van der Waals surface area contributed by atoms with Crippen LogP contribution in [0, 0.1) is 11.3 Å². The minimum absolute atomic E-state index is 0.671. The first kappa shape index (κ1) is 14.4. The largest absolute Gasteiger partial charge is 0.391 e. The Labute approximate surface area is 112 Å². The molecule has 1 aliphatic heterocycles. The average molecular weight is 283 g/mol. The van der Waals surface area contributed by atoms with Crippen LogP contribution in [0.25, 0.3) is 0 Å². The van der Waals surface area contributed by atoms with Gasteiger partial charge in [-0.25, -0.2) is 4.79 Å². The number of aliphatic hydroxyl groups excluding tert-OH is 3. The van der Waals surface area contributed by atoms with Crippen molar-refractivity contribution in [2.45, 2.75) is 37.1 Å². The molecular formula is C11H13N3O6. The molecule has 20 heavy (non-hydrogen) atoms. The zero-order valence-electron chi connectivity index (χ0n) is 10.4. The lowest BCUT2D eigenvalue weighted by Crippen LogP contribution is -2.50. The van der Waals surface area contributed by atoms with E-state index in [0.717, 1.165) is 12.3 Å². The summed E-state index contributed by atoms with van der Waals surface area (Å²) >= 11 is 0. The van der Waals surface area contributed by atoms with Crippen molar-refractivity contribution in [3.05, 3.63) is 33.1 Å². The first-order valence-electron chi connectivity index (χ1n) is 5.79. The minimum Gasteiger partial charge on any atom is -0.391 e. The normalized spacial score (nSPS) is 34.6. The van der Waals surface area contributed by atoms with Crippen LogP contribution >= 0.6 is 0 Å². The molecule has 0 saturated carbocycles. The predicted octanol–water partition coefficient (Wildman–Crippen LogP) is -2.79. The van der Waals surface area contributed by atoms with E-state index in [-0.39, 0.29) is 0 Å². The topological polar surface area (TPSA) is 149 Å². The highest BCUT2D eigenvalue weighted by atomic mass is 16.6. The van der Waals surface area contributed by atoms with Crippen molar-refractivity contribution in [3.63, 3.8) is 0 Å². The number of aromatic nitrogens is 2. The third-order valence-corrected chi connectivity index (χ3v) is 3.19. The molecular weight excluding hydrogens is 270 g/mol. The maximum Gasteiger partial charge on any atom is 0.331 e. The molecule has 1 saturated heterocycles. The van der Waals surface area contributed by atoms with E-state index in [0.29, 0.717) is 4.57 Å².